The molecule has 0 radical (unpaired) electrons. The van der Waals surface area contributed by atoms with E-state index in [2.05, 4.69) is 60.0 Å². The first-order valence-electron chi connectivity index (χ1n) is 11.9. The van der Waals surface area contributed by atoms with Gasteiger partial charge in [-0.2, -0.15) is 0 Å². The number of benzene rings is 4. The van der Waals surface area contributed by atoms with E-state index in [9.17, 15) is 9.59 Å². The van der Waals surface area contributed by atoms with Crippen molar-refractivity contribution in [2.45, 2.75) is 19.5 Å². The van der Waals surface area contributed by atoms with Crippen LogP contribution in [0, 0.1) is 0 Å². The van der Waals surface area contributed by atoms with Crippen molar-refractivity contribution in [1.82, 2.24) is 15.5 Å². The second kappa shape index (κ2) is 11.4. The van der Waals surface area contributed by atoms with Crippen LogP contribution in [0.2, 0.25) is 0 Å². The van der Waals surface area contributed by atoms with Crippen LogP contribution in [-0.4, -0.2) is 37.4 Å². The van der Waals surface area contributed by atoms with Crippen LogP contribution in [0.5, 0.6) is 0 Å². The van der Waals surface area contributed by atoms with Crippen LogP contribution in [0.1, 0.15) is 27.9 Å². The molecule has 35 heavy (non-hydrogen) atoms. The van der Waals surface area contributed by atoms with Gasteiger partial charge in [0.25, 0.3) is 5.91 Å². The minimum atomic E-state index is -0.174. The Morgan fingerprint density at radius 1 is 0.771 bits per heavy atom. The van der Waals surface area contributed by atoms with Crippen LogP contribution in [-0.2, 0) is 17.9 Å². The van der Waals surface area contributed by atoms with Crippen molar-refractivity contribution in [2.75, 3.05) is 20.6 Å². The van der Waals surface area contributed by atoms with Gasteiger partial charge in [-0.05, 0) is 59.3 Å². The lowest BCUT2D eigenvalue weighted by molar-refractivity contribution is -0.121. The van der Waals surface area contributed by atoms with Gasteiger partial charge in [-0.3, -0.25) is 9.59 Å². The van der Waals surface area contributed by atoms with Crippen LogP contribution in [0.3, 0.4) is 0 Å². The average molecular weight is 466 g/mol. The maximum atomic E-state index is 12.5. The largest absolute Gasteiger partial charge is 0.352 e. The summed E-state index contributed by atoms with van der Waals surface area (Å²) in [6.45, 7) is 1.62. The molecular formula is C30H31N3O2. The zero-order chi connectivity index (χ0) is 24.6. The summed E-state index contributed by atoms with van der Waals surface area (Å²) in [5.41, 5.74) is 5.14. The van der Waals surface area contributed by atoms with E-state index in [-0.39, 0.29) is 24.8 Å². The molecule has 0 aromatic heterocycles. The van der Waals surface area contributed by atoms with Crippen molar-refractivity contribution < 1.29 is 9.59 Å². The van der Waals surface area contributed by atoms with E-state index in [0.29, 0.717) is 12.1 Å². The zero-order valence-corrected chi connectivity index (χ0v) is 20.3. The average Bonchev–Trinajstić information content (AvgIpc) is 2.87. The van der Waals surface area contributed by atoms with Crippen molar-refractivity contribution in [2.24, 2.45) is 0 Å². The predicted octanol–water partition coefficient (Wildman–Crippen LogP) is 5.00. The summed E-state index contributed by atoms with van der Waals surface area (Å²) in [7, 11) is 4.11. The summed E-state index contributed by atoms with van der Waals surface area (Å²) in [6.07, 6.45) is 0.223. The minimum Gasteiger partial charge on any atom is -0.352 e. The Bertz CT molecular complexity index is 1310. The molecule has 5 heteroatoms. The van der Waals surface area contributed by atoms with Crippen LogP contribution in [0.25, 0.3) is 21.9 Å². The molecule has 0 saturated carbocycles. The normalized spacial score (nSPS) is 10.9. The Kier molecular flexibility index (Phi) is 7.91. The van der Waals surface area contributed by atoms with Gasteiger partial charge in [-0.15, -0.1) is 0 Å². The molecule has 2 amide bonds. The van der Waals surface area contributed by atoms with Crippen molar-refractivity contribution in [1.29, 1.82) is 0 Å². The van der Waals surface area contributed by atoms with Gasteiger partial charge in [0.05, 0.1) is 0 Å². The van der Waals surface area contributed by atoms with Crippen LogP contribution in [0.15, 0.2) is 91.0 Å². The summed E-state index contributed by atoms with van der Waals surface area (Å²) < 4.78 is 0. The van der Waals surface area contributed by atoms with Gasteiger partial charge in [-0.1, -0.05) is 78.9 Å². The highest BCUT2D eigenvalue weighted by atomic mass is 16.2. The number of carbonyl (C=O) groups excluding carboxylic acids is 2. The third-order valence-corrected chi connectivity index (χ3v) is 5.91. The fourth-order valence-corrected chi connectivity index (χ4v) is 4.12. The third kappa shape index (κ3) is 6.55. The van der Waals surface area contributed by atoms with E-state index in [0.717, 1.165) is 34.0 Å². The zero-order valence-electron chi connectivity index (χ0n) is 20.3. The van der Waals surface area contributed by atoms with Gasteiger partial charge in [0, 0.05) is 31.6 Å². The van der Waals surface area contributed by atoms with E-state index in [1.54, 1.807) is 0 Å². The Balaban J connectivity index is 1.29. The Morgan fingerprint density at radius 3 is 2.26 bits per heavy atom. The second-order valence-corrected chi connectivity index (χ2v) is 8.94. The van der Waals surface area contributed by atoms with E-state index in [1.807, 2.05) is 60.7 Å². The Hall–Kier alpha value is -3.96. The smallest absolute Gasteiger partial charge is 0.251 e. The number of fused-ring (bicyclic) bond motifs is 1. The number of carbonyl (C=O) groups is 2. The van der Waals surface area contributed by atoms with Crippen molar-refractivity contribution in [3.05, 3.63) is 108 Å². The number of nitrogens with zero attached hydrogens (tertiary/aromatic N) is 1. The molecule has 0 bridgehead atoms. The van der Waals surface area contributed by atoms with E-state index in [4.69, 9.17) is 0 Å². The Labute approximate surface area is 206 Å². The summed E-state index contributed by atoms with van der Waals surface area (Å²) in [5.74, 6) is -0.272. The molecule has 0 fully saturated rings. The summed E-state index contributed by atoms with van der Waals surface area (Å²) in [4.78, 5) is 27.1. The highest BCUT2D eigenvalue weighted by Crippen LogP contribution is 2.24. The first kappa shape index (κ1) is 24.2. The van der Waals surface area contributed by atoms with E-state index < -0.39 is 0 Å². The molecule has 4 aromatic rings. The molecule has 0 heterocycles. The number of rotatable bonds is 9. The maximum Gasteiger partial charge on any atom is 0.251 e. The lowest BCUT2D eigenvalue weighted by Crippen LogP contribution is -2.30. The fourth-order valence-electron chi connectivity index (χ4n) is 4.12. The van der Waals surface area contributed by atoms with Gasteiger partial charge in [0.1, 0.15) is 0 Å². The molecule has 178 valence electrons. The van der Waals surface area contributed by atoms with Gasteiger partial charge in [-0.25, -0.2) is 0 Å². The number of hydrogen-bond acceptors (Lipinski definition) is 3. The fraction of sp³-hybridized carbons (Fsp3) is 0.200. The summed E-state index contributed by atoms with van der Waals surface area (Å²) in [5, 5.41) is 7.94. The lowest BCUT2D eigenvalue weighted by Gasteiger charge is -2.13. The quantitative estimate of drug-likeness (QED) is 0.366. The molecule has 0 aliphatic rings. The third-order valence-electron chi connectivity index (χ3n) is 5.91. The molecule has 4 rings (SSSR count). The van der Waals surface area contributed by atoms with Gasteiger partial charge in [0.15, 0.2) is 0 Å². The van der Waals surface area contributed by atoms with Gasteiger partial charge >= 0.3 is 0 Å². The molecule has 5 nitrogen and oxygen atoms in total. The number of nitrogens with one attached hydrogen (secondary N) is 2. The maximum absolute atomic E-state index is 12.5. The van der Waals surface area contributed by atoms with Crippen LogP contribution >= 0.6 is 0 Å². The molecule has 0 aliphatic heterocycles. The van der Waals surface area contributed by atoms with Gasteiger partial charge < -0.3 is 15.5 Å². The standard InChI is InChI=1S/C30H31N3O2/c1-33(2)21-22-11-13-24(14-12-22)28-10-6-5-9-27(28)20-32-29(34)17-18-31-30(35)26-16-15-23-7-3-4-8-25(23)19-26/h3-16,19H,17-18,20-21H2,1-2H3,(H,31,35)(H,32,34). The molecule has 0 saturated heterocycles. The minimum absolute atomic E-state index is 0.0973. The number of hydrogen-bond donors (Lipinski definition) is 2. The molecule has 2 N–H and O–H groups in total. The topological polar surface area (TPSA) is 61.4 Å². The molecule has 0 unspecified atom stereocenters. The molecule has 0 aliphatic carbocycles. The van der Waals surface area contributed by atoms with Crippen molar-refractivity contribution >= 4 is 22.6 Å². The van der Waals surface area contributed by atoms with Crippen molar-refractivity contribution in [3.63, 3.8) is 0 Å². The number of amides is 2. The molecule has 0 spiro atoms. The van der Waals surface area contributed by atoms with Gasteiger partial charge in [0.2, 0.25) is 5.91 Å². The first-order chi connectivity index (χ1) is 17.0. The molecule has 0 atom stereocenters. The van der Waals surface area contributed by atoms with Crippen molar-refractivity contribution in [3.8, 4) is 11.1 Å². The highest BCUT2D eigenvalue weighted by molar-refractivity contribution is 5.98. The monoisotopic (exact) mass is 465 g/mol. The lowest BCUT2D eigenvalue weighted by atomic mass is 9.98. The molecule has 4 aromatic carbocycles. The highest BCUT2D eigenvalue weighted by Gasteiger charge is 2.09. The van der Waals surface area contributed by atoms with E-state index in [1.165, 1.54) is 5.56 Å². The summed E-state index contributed by atoms with van der Waals surface area (Å²) >= 11 is 0. The second-order valence-electron chi connectivity index (χ2n) is 8.94. The SMILES string of the molecule is CN(C)Cc1ccc(-c2ccccc2CNC(=O)CCNC(=O)c2ccc3ccccc3c2)cc1. The molecular weight excluding hydrogens is 434 g/mol. The van der Waals surface area contributed by atoms with E-state index >= 15 is 0 Å². The summed E-state index contributed by atoms with van der Waals surface area (Å²) in [6, 6.07) is 30.2. The first-order valence-corrected chi connectivity index (χ1v) is 11.9. The predicted molar refractivity (Wildman–Crippen MR) is 142 cm³/mol. The Morgan fingerprint density at radius 2 is 1.49 bits per heavy atom. The van der Waals surface area contributed by atoms with Crippen LogP contribution < -0.4 is 10.6 Å². The van der Waals surface area contributed by atoms with Crippen LogP contribution in [0.4, 0.5) is 0 Å².